The molecular formula is C18H27N. The van der Waals surface area contributed by atoms with Crippen LogP contribution in [0.2, 0.25) is 0 Å². The molecule has 1 aliphatic rings. The van der Waals surface area contributed by atoms with E-state index in [9.17, 15) is 0 Å². The van der Waals surface area contributed by atoms with Gasteiger partial charge in [-0.1, -0.05) is 56.3 Å². The molecule has 0 aromatic heterocycles. The molecule has 0 spiro atoms. The Balaban J connectivity index is 1.84. The van der Waals surface area contributed by atoms with E-state index in [2.05, 4.69) is 63.0 Å². The number of hydrogen-bond donors (Lipinski definition) is 1. The van der Waals surface area contributed by atoms with Crippen LogP contribution in [0, 0.1) is 17.8 Å². The highest BCUT2D eigenvalue weighted by molar-refractivity contribution is 5.18. The Bertz CT molecular complexity index is 409. The Hall–Kier alpha value is -1.08. The van der Waals surface area contributed by atoms with Gasteiger partial charge in [0.05, 0.1) is 0 Å². The van der Waals surface area contributed by atoms with Gasteiger partial charge >= 0.3 is 0 Å². The first-order chi connectivity index (χ1) is 9.09. The largest absolute Gasteiger partial charge is 0.310 e. The highest BCUT2D eigenvalue weighted by Gasteiger charge is 2.29. The fourth-order valence-corrected chi connectivity index (χ4v) is 3.18. The first-order valence-electron chi connectivity index (χ1n) is 7.56. The highest BCUT2D eigenvalue weighted by Crippen LogP contribution is 2.39. The predicted molar refractivity (Wildman–Crippen MR) is 83.1 cm³/mol. The third kappa shape index (κ3) is 3.48. The van der Waals surface area contributed by atoms with Crippen LogP contribution in [0.3, 0.4) is 0 Å². The Kier molecular flexibility index (Phi) is 4.81. The Morgan fingerprint density at radius 3 is 2.47 bits per heavy atom. The van der Waals surface area contributed by atoms with Crippen LogP contribution < -0.4 is 5.32 Å². The highest BCUT2D eigenvalue weighted by atomic mass is 14.9. The van der Waals surface area contributed by atoms with Crippen molar-refractivity contribution < 1.29 is 0 Å². The van der Waals surface area contributed by atoms with Crippen LogP contribution in [0.4, 0.5) is 0 Å². The number of hydrogen-bond acceptors (Lipinski definition) is 1. The van der Waals surface area contributed by atoms with E-state index in [1.54, 1.807) is 0 Å². The maximum atomic E-state index is 4.30. The fraction of sp³-hybridized carbons (Fsp3) is 0.556. The smallest absolute Gasteiger partial charge is 0.0291 e. The summed E-state index contributed by atoms with van der Waals surface area (Å²) in [5.41, 5.74) is 2.84. The minimum absolute atomic E-state index is 0.427. The first kappa shape index (κ1) is 14.3. The summed E-state index contributed by atoms with van der Waals surface area (Å²) >= 11 is 0. The molecule has 19 heavy (non-hydrogen) atoms. The second-order valence-corrected chi connectivity index (χ2v) is 6.18. The molecule has 0 unspecified atom stereocenters. The average Bonchev–Trinajstić information content (AvgIpc) is 2.77. The van der Waals surface area contributed by atoms with E-state index in [1.807, 2.05) is 0 Å². The lowest BCUT2D eigenvalue weighted by Crippen LogP contribution is -2.28. The molecule has 1 aliphatic carbocycles. The van der Waals surface area contributed by atoms with Crippen molar-refractivity contribution in [2.45, 2.75) is 39.7 Å². The van der Waals surface area contributed by atoms with Gasteiger partial charge in [0.15, 0.2) is 0 Å². The van der Waals surface area contributed by atoms with Crippen molar-refractivity contribution in [1.29, 1.82) is 0 Å². The maximum Gasteiger partial charge on any atom is 0.0291 e. The number of benzene rings is 1. The van der Waals surface area contributed by atoms with Gasteiger partial charge < -0.3 is 5.32 Å². The van der Waals surface area contributed by atoms with Crippen LogP contribution in [0.25, 0.3) is 0 Å². The zero-order chi connectivity index (χ0) is 13.8. The first-order valence-corrected chi connectivity index (χ1v) is 7.56. The van der Waals surface area contributed by atoms with Gasteiger partial charge in [-0.3, -0.25) is 0 Å². The van der Waals surface area contributed by atoms with Crippen molar-refractivity contribution in [3.63, 3.8) is 0 Å². The Morgan fingerprint density at radius 1 is 1.21 bits per heavy atom. The lowest BCUT2D eigenvalue weighted by Gasteiger charge is -2.24. The van der Waals surface area contributed by atoms with Crippen LogP contribution in [-0.4, -0.2) is 6.54 Å². The molecule has 1 aromatic rings. The molecule has 0 saturated heterocycles. The molecule has 1 nitrogen and oxygen atoms in total. The van der Waals surface area contributed by atoms with Gasteiger partial charge in [0.1, 0.15) is 0 Å². The van der Waals surface area contributed by atoms with Gasteiger partial charge in [-0.2, -0.15) is 0 Å². The lowest BCUT2D eigenvalue weighted by molar-refractivity contribution is 0.375. The third-order valence-corrected chi connectivity index (χ3v) is 4.75. The van der Waals surface area contributed by atoms with Gasteiger partial charge in [-0.05, 0) is 49.6 Å². The number of allylic oxidation sites excluding steroid dienone is 1. The molecule has 2 rings (SSSR count). The molecule has 1 N–H and O–H groups in total. The van der Waals surface area contributed by atoms with Crippen LogP contribution in [-0.2, 0) is 0 Å². The molecule has 0 aliphatic heterocycles. The minimum atomic E-state index is 0.427. The van der Waals surface area contributed by atoms with Crippen molar-refractivity contribution in [2.75, 3.05) is 6.54 Å². The van der Waals surface area contributed by atoms with E-state index in [0.29, 0.717) is 17.9 Å². The number of nitrogens with one attached hydrogen (secondary N) is 1. The van der Waals surface area contributed by atoms with E-state index in [-0.39, 0.29) is 0 Å². The number of rotatable bonds is 5. The van der Waals surface area contributed by atoms with Crippen molar-refractivity contribution in [3.05, 3.63) is 48.0 Å². The van der Waals surface area contributed by atoms with Crippen molar-refractivity contribution in [3.8, 4) is 0 Å². The summed E-state index contributed by atoms with van der Waals surface area (Å²) in [4.78, 5) is 0. The molecule has 1 heteroatoms. The normalized spacial score (nSPS) is 26.4. The second kappa shape index (κ2) is 6.38. The van der Waals surface area contributed by atoms with Crippen LogP contribution >= 0.6 is 0 Å². The quantitative estimate of drug-likeness (QED) is 0.762. The fourth-order valence-electron chi connectivity index (χ4n) is 3.18. The molecule has 1 fully saturated rings. The van der Waals surface area contributed by atoms with Crippen molar-refractivity contribution >= 4 is 0 Å². The van der Waals surface area contributed by atoms with E-state index in [0.717, 1.165) is 12.5 Å². The zero-order valence-corrected chi connectivity index (χ0v) is 12.5. The summed E-state index contributed by atoms with van der Waals surface area (Å²) in [5.74, 6) is 2.12. The topological polar surface area (TPSA) is 12.0 Å². The molecule has 1 saturated carbocycles. The molecular weight excluding hydrogens is 230 g/mol. The monoisotopic (exact) mass is 257 g/mol. The summed E-state index contributed by atoms with van der Waals surface area (Å²) in [7, 11) is 0. The Labute approximate surface area is 118 Å². The maximum absolute atomic E-state index is 4.30. The van der Waals surface area contributed by atoms with Crippen molar-refractivity contribution in [2.24, 2.45) is 17.8 Å². The van der Waals surface area contributed by atoms with Gasteiger partial charge in [0.25, 0.3) is 0 Å². The van der Waals surface area contributed by atoms with Crippen molar-refractivity contribution in [1.82, 2.24) is 5.32 Å². The van der Waals surface area contributed by atoms with E-state index >= 15 is 0 Å². The zero-order valence-electron chi connectivity index (χ0n) is 12.5. The summed E-state index contributed by atoms with van der Waals surface area (Å²) in [5, 5.41) is 3.67. The molecule has 0 radical (unpaired) electrons. The molecule has 1 aromatic carbocycles. The summed E-state index contributed by atoms with van der Waals surface area (Å²) < 4.78 is 0. The van der Waals surface area contributed by atoms with E-state index < -0.39 is 0 Å². The average molecular weight is 257 g/mol. The second-order valence-electron chi connectivity index (χ2n) is 6.18. The predicted octanol–water partition coefficient (Wildman–Crippen LogP) is 4.58. The Morgan fingerprint density at radius 2 is 1.89 bits per heavy atom. The molecule has 4 atom stereocenters. The molecule has 0 amide bonds. The van der Waals surface area contributed by atoms with Crippen LogP contribution in [0.15, 0.2) is 42.5 Å². The van der Waals surface area contributed by atoms with Gasteiger partial charge in [-0.25, -0.2) is 0 Å². The molecule has 0 bridgehead atoms. The third-order valence-electron chi connectivity index (χ3n) is 4.75. The minimum Gasteiger partial charge on any atom is -0.310 e. The van der Waals surface area contributed by atoms with Crippen LogP contribution in [0.1, 0.15) is 45.2 Å². The van der Waals surface area contributed by atoms with E-state index in [4.69, 9.17) is 0 Å². The van der Waals surface area contributed by atoms with Gasteiger partial charge in [0.2, 0.25) is 0 Å². The lowest BCUT2D eigenvalue weighted by atomic mass is 9.88. The molecule has 104 valence electrons. The van der Waals surface area contributed by atoms with E-state index in [1.165, 1.54) is 24.0 Å². The van der Waals surface area contributed by atoms with Crippen LogP contribution in [0.5, 0.6) is 0 Å². The summed E-state index contributed by atoms with van der Waals surface area (Å²) in [6, 6.07) is 11.1. The summed E-state index contributed by atoms with van der Waals surface area (Å²) in [6.07, 6.45) is 2.64. The molecule has 0 heterocycles. The standard InChI is InChI=1S/C18H27N/c1-13-10-11-18(15(13)3)14(2)12-19-16(4)17-8-6-5-7-9-17/h5-9,13-14,16,18-19H,3,10-12H2,1-2,4H3/t13-,14-,16-,18+/m0/s1. The van der Waals surface area contributed by atoms with Gasteiger partial charge in [-0.15, -0.1) is 0 Å². The van der Waals surface area contributed by atoms with Gasteiger partial charge in [0, 0.05) is 6.04 Å². The SMILES string of the molecule is C=C1[C@@H](C)CC[C@@H]1[C@@H](C)CN[C@@H](C)c1ccccc1. The summed E-state index contributed by atoms with van der Waals surface area (Å²) in [6.45, 7) is 12.3.